The van der Waals surface area contributed by atoms with Crippen LogP contribution in [-0.2, 0) is 4.74 Å². The van der Waals surface area contributed by atoms with Gasteiger partial charge in [-0.3, -0.25) is 5.21 Å². The number of amides is 1. The summed E-state index contributed by atoms with van der Waals surface area (Å²) in [4.78, 5) is 12.4. The first-order valence-corrected chi connectivity index (χ1v) is 9.79. The van der Waals surface area contributed by atoms with Crippen LogP contribution in [0.1, 0.15) is 57.4 Å². The molecule has 0 radical (unpaired) electrons. The van der Waals surface area contributed by atoms with Crippen molar-refractivity contribution in [3.8, 4) is 0 Å². The fraction of sp³-hybridized carbons (Fsp3) is 0.435. The molecule has 5 heteroatoms. The van der Waals surface area contributed by atoms with Gasteiger partial charge in [0.1, 0.15) is 6.10 Å². The summed E-state index contributed by atoms with van der Waals surface area (Å²) in [5, 5.41) is 14.1. The summed E-state index contributed by atoms with van der Waals surface area (Å²) in [5.41, 5.74) is 1.83. The van der Waals surface area contributed by atoms with Crippen LogP contribution in [0.25, 0.3) is 0 Å². The Morgan fingerprint density at radius 3 is 2.11 bits per heavy atom. The summed E-state index contributed by atoms with van der Waals surface area (Å²) in [5.74, 6) is 0. The summed E-state index contributed by atoms with van der Waals surface area (Å²) in [6, 6.07) is 20.0. The first kappa shape index (κ1) is 21.9. The van der Waals surface area contributed by atoms with Gasteiger partial charge in [0.15, 0.2) is 0 Å². The van der Waals surface area contributed by atoms with Crippen LogP contribution in [0.3, 0.4) is 0 Å². The van der Waals surface area contributed by atoms with Crippen molar-refractivity contribution in [3.05, 3.63) is 71.8 Å². The number of rotatable bonds is 8. The van der Waals surface area contributed by atoms with Crippen LogP contribution >= 0.6 is 0 Å². The molecule has 28 heavy (non-hydrogen) atoms. The van der Waals surface area contributed by atoms with E-state index in [4.69, 9.17) is 4.74 Å². The summed E-state index contributed by atoms with van der Waals surface area (Å²) >= 11 is 0. The van der Waals surface area contributed by atoms with Crippen LogP contribution in [0, 0.1) is 5.41 Å². The number of benzene rings is 2. The van der Waals surface area contributed by atoms with Crippen LogP contribution in [0.2, 0.25) is 0 Å². The Bertz CT molecular complexity index is 714. The maximum atomic E-state index is 12.4. The lowest BCUT2D eigenvalue weighted by atomic mass is 9.84. The van der Waals surface area contributed by atoms with E-state index in [-0.39, 0.29) is 18.0 Å². The molecule has 0 fully saturated rings. The lowest BCUT2D eigenvalue weighted by molar-refractivity contribution is -0.0960. The highest BCUT2D eigenvalue weighted by Gasteiger charge is 2.31. The second-order valence-corrected chi connectivity index (χ2v) is 8.10. The van der Waals surface area contributed by atoms with Gasteiger partial charge in [-0.15, -0.1) is 0 Å². The molecule has 0 aliphatic carbocycles. The zero-order valence-electron chi connectivity index (χ0n) is 17.3. The average Bonchev–Trinajstić information content (AvgIpc) is 2.69. The van der Waals surface area contributed by atoms with E-state index in [1.807, 2.05) is 69.3 Å². The third-order valence-electron chi connectivity index (χ3n) is 4.62. The van der Waals surface area contributed by atoms with Gasteiger partial charge in [0.05, 0.1) is 6.54 Å². The molecular formula is C23H32N2O3. The Morgan fingerprint density at radius 1 is 1.04 bits per heavy atom. The molecule has 5 nitrogen and oxygen atoms in total. The van der Waals surface area contributed by atoms with Crippen molar-refractivity contribution in [3.63, 3.8) is 0 Å². The van der Waals surface area contributed by atoms with Crippen molar-refractivity contribution in [1.82, 2.24) is 10.4 Å². The minimum absolute atomic E-state index is 0.207. The number of nitrogens with zero attached hydrogens (tertiary/aromatic N) is 1. The molecule has 152 valence electrons. The summed E-state index contributed by atoms with van der Waals surface area (Å²) in [7, 11) is 0. The molecule has 0 aliphatic rings. The van der Waals surface area contributed by atoms with Crippen molar-refractivity contribution >= 4 is 6.09 Å². The highest BCUT2D eigenvalue weighted by atomic mass is 16.6. The maximum Gasteiger partial charge on any atom is 0.434 e. The van der Waals surface area contributed by atoms with Gasteiger partial charge in [0, 0.05) is 11.5 Å². The number of hydroxylamine groups is 2. The van der Waals surface area contributed by atoms with Crippen LogP contribution in [0.4, 0.5) is 4.79 Å². The van der Waals surface area contributed by atoms with Crippen molar-refractivity contribution in [2.45, 2.75) is 46.3 Å². The Balaban J connectivity index is 1.81. The molecule has 1 amide bonds. The molecule has 2 aromatic carbocycles. The predicted octanol–water partition coefficient (Wildman–Crippen LogP) is 5.34. The van der Waals surface area contributed by atoms with Crippen molar-refractivity contribution in [2.75, 3.05) is 13.1 Å². The van der Waals surface area contributed by atoms with Crippen molar-refractivity contribution in [1.29, 1.82) is 0 Å². The molecule has 0 saturated carbocycles. The van der Waals surface area contributed by atoms with E-state index in [1.165, 1.54) is 5.56 Å². The molecule has 2 aromatic rings. The SMILES string of the molecule is CC(NCCCN(O)C(=O)OC(c1ccccc1)C(C)(C)C)c1ccccc1. The topological polar surface area (TPSA) is 61.8 Å². The third kappa shape index (κ3) is 6.66. The van der Waals surface area contributed by atoms with Gasteiger partial charge in [-0.05, 0) is 31.0 Å². The molecule has 2 unspecified atom stereocenters. The van der Waals surface area contributed by atoms with E-state index in [9.17, 15) is 10.0 Å². The van der Waals surface area contributed by atoms with E-state index in [1.54, 1.807) is 0 Å². The number of ether oxygens (including phenoxy) is 1. The number of carbonyl (C=O) groups is 1. The molecule has 0 aliphatic heterocycles. The van der Waals surface area contributed by atoms with Crippen molar-refractivity contribution in [2.24, 2.45) is 5.41 Å². The number of hydrogen-bond donors (Lipinski definition) is 2. The number of nitrogens with one attached hydrogen (secondary N) is 1. The molecule has 0 saturated heterocycles. The molecular weight excluding hydrogens is 352 g/mol. The molecule has 0 heterocycles. The smallest absolute Gasteiger partial charge is 0.434 e. The third-order valence-corrected chi connectivity index (χ3v) is 4.62. The van der Waals surface area contributed by atoms with E-state index >= 15 is 0 Å². The lowest BCUT2D eigenvalue weighted by Crippen LogP contribution is -2.34. The van der Waals surface area contributed by atoms with Crippen LogP contribution < -0.4 is 5.32 Å². The van der Waals surface area contributed by atoms with Gasteiger partial charge in [-0.1, -0.05) is 81.4 Å². The highest BCUT2D eigenvalue weighted by Crippen LogP contribution is 2.36. The second kappa shape index (κ2) is 10.2. The number of hydrogen-bond acceptors (Lipinski definition) is 4. The van der Waals surface area contributed by atoms with Gasteiger partial charge < -0.3 is 10.1 Å². The van der Waals surface area contributed by atoms with Gasteiger partial charge in [0.25, 0.3) is 0 Å². The quantitative estimate of drug-likeness (QED) is 0.366. The average molecular weight is 385 g/mol. The Morgan fingerprint density at radius 2 is 1.57 bits per heavy atom. The molecule has 0 bridgehead atoms. The molecule has 2 rings (SSSR count). The molecule has 2 atom stereocenters. The minimum atomic E-state index is -0.722. The van der Waals surface area contributed by atoms with Gasteiger partial charge >= 0.3 is 6.09 Å². The largest absolute Gasteiger partial charge is 0.439 e. The minimum Gasteiger partial charge on any atom is -0.439 e. The Kier molecular flexibility index (Phi) is 8.03. The standard InChI is InChI=1S/C23H32N2O3/c1-18(19-12-7-5-8-13-19)24-16-11-17-25(27)22(26)28-21(23(2,3)4)20-14-9-6-10-15-20/h5-10,12-15,18,21,24,27H,11,16-17H2,1-4H3. The fourth-order valence-corrected chi connectivity index (χ4v) is 3.03. The van der Waals surface area contributed by atoms with E-state index < -0.39 is 12.2 Å². The molecule has 2 N–H and O–H groups in total. The Hall–Kier alpha value is -2.37. The number of carbonyl (C=O) groups excluding carboxylic acids is 1. The maximum absolute atomic E-state index is 12.4. The zero-order chi connectivity index (χ0) is 20.6. The van der Waals surface area contributed by atoms with Gasteiger partial charge in [-0.2, -0.15) is 5.06 Å². The van der Waals surface area contributed by atoms with E-state index in [0.29, 0.717) is 18.0 Å². The summed E-state index contributed by atoms with van der Waals surface area (Å²) < 4.78 is 5.63. The summed E-state index contributed by atoms with van der Waals surface area (Å²) in [6.07, 6.45) is -0.541. The zero-order valence-corrected chi connectivity index (χ0v) is 17.3. The van der Waals surface area contributed by atoms with Crippen molar-refractivity contribution < 1.29 is 14.7 Å². The predicted molar refractivity (Wildman–Crippen MR) is 111 cm³/mol. The normalized spacial score (nSPS) is 13.6. The van der Waals surface area contributed by atoms with Gasteiger partial charge in [-0.25, -0.2) is 4.79 Å². The highest BCUT2D eigenvalue weighted by molar-refractivity contribution is 5.66. The monoisotopic (exact) mass is 384 g/mol. The Labute approximate surface area is 168 Å². The first-order valence-electron chi connectivity index (χ1n) is 9.79. The van der Waals surface area contributed by atoms with E-state index in [0.717, 1.165) is 5.56 Å². The first-order chi connectivity index (χ1) is 13.3. The van der Waals surface area contributed by atoms with Crippen LogP contribution in [0.15, 0.2) is 60.7 Å². The van der Waals surface area contributed by atoms with Crippen LogP contribution in [0.5, 0.6) is 0 Å². The molecule has 0 spiro atoms. The summed E-state index contributed by atoms with van der Waals surface area (Å²) in [6.45, 7) is 9.01. The van der Waals surface area contributed by atoms with Gasteiger partial charge in [0.2, 0.25) is 0 Å². The fourth-order valence-electron chi connectivity index (χ4n) is 3.03. The van der Waals surface area contributed by atoms with E-state index in [2.05, 4.69) is 24.4 Å². The lowest BCUT2D eigenvalue weighted by Gasteiger charge is -2.31. The second-order valence-electron chi connectivity index (χ2n) is 8.10. The molecule has 0 aromatic heterocycles. The van der Waals surface area contributed by atoms with Crippen LogP contribution in [-0.4, -0.2) is 29.5 Å².